The van der Waals surface area contributed by atoms with E-state index in [1.807, 2.05) is 36.4 Å². The van der Waals surface area contributed by atoms with Crippen molar-refractivity contribution in [3.8, 4) is 22.4 Å². The summed E-state index contributed by atoms with van der Waals surface area (Å²) in [6.45, 7) is 0. The van der Waals surface area contributed by atoms with Crippen LogP contribution in [0.25, 0.3) is 10.4 Å². The molecule has 7 heteroatoms. The highest BCUT2D eigenvalue weighted by molar-refractivity contribution is 7.86. The van der Waals surface area contributed by atoms with Crippen molar-refractivity contribution in [3.05, 3.63) is 35.9 Å². The lowest BCUT2D eigenvalue weighted by Crippen LogP contribution is -2.06. The van der Waals surface area contributed by atoms with Crippen molar-refractivity contribution < 1.29 is 12.6 Å². The summed E-state index contributed by atoms with van der Waals surface area (Å²) in [7, 11) is -3.69. The Morgan fingerprint density at radius 1 is 1.33 bits per heavy atom. The van der Waals surface area contributed by atoms with Gasteiger partial charge in [-0.05, 0) is 17.1 Å². The molecule has 0 spiro atoms. The molecule has 0 N–H and O–H groups in total. The first-order valence-corrected chi connectivity index (χ1v) is 7.45. The second-order valence-corrected chi connectivity index (χ2v) is 5.81. The van der Waals surface area contributed by atoms with E-state index in [0.29, 0.717) is 4.88 Å². The summed E-state index contributed by atoms with van der Waals surface area (Å²) in [5.74, 6) is -0.163. The van der Waals surface area contributed by atoms with Crippen LogP contribution in [0.3, 0.4) is 0 Å². The van der Waals surface area contributed by atoms with Crippen LogP contribution in [0.2, 0.25) is 0 Å². The number of nitrogens with zero attached hydrogens (tertiary/aromatic N) is 2. The van der Waals surface area contributed by atoms with Gasteiger partial charge in [0.25, 0.3) is 5.88 Å². The minimum Gasteiger partial charge on any atom is -0.359 e. The number of rotatable bonds is 3. The van der Waals surface area contributed by atoms with Gasteiger partial charge in [-0.25, -0.2) is 0 Å². The van der Waals surface area contributed by atoms with E-state index < -0.39 is 10.1 Å². The van der Waals surface area contributed by atoms with Crippen molar-refractivity contribution in [2.75, 3.05) is 6.26 Å². The first-order valence-electron chi connectivity index (χ1n) is 4.86. The lowest BCUT2D eigenvalue weighted by Gasteiger charge is -1.99. The molecule has 0 aliphatic carbocycles. The van der Waals surface area contributed by atoms with Crippen LogP contribution in [-0.2, 0) is 10.1 Å². The van der Waals surface area contributed by atoms with E-state index in [1.165, 1.54) is 0 Å². The molecular weight excluding hydrogens is 272 g/mol. The maximum Gasteiger partial charge on any atom is 0.307 e. The summed E-state index contributed by atoms with van der Waals surface area (Å²) in [6.07, 6.45) is 0.912. The summed E-state index contributed by atoms with van der Waals surface area (Å²) in [5.41, 5.74) is 0.937. The van der Waals surface area contributed by atoms with Gasteiger partial charge in [-0.2, -0.15) is 18.1 Å². The minimum atomic E-state index is -3.69. The molecule has 0 amide bonds. The number of aromatic nitrogens is 1. The van der Waals surface area contributed by atoms with Crippen LogP contribution in [0.1, 0.15) is 5.56 Å². The van der Waals surface area contributed by atoms with E-state index in [1.54, 1.807) is 0 Å². The molecule has 0 aliphatic heterocycles. The minimum absolute atomic E-state index is 0.136. The van der Waals surface area contributed by atoms with Crippen LogP contribution in [0.5, 0.6) is 5.88 Å². The van der Waals surface area contributed by atoms with Crippen molar-refractivity contribution in [2.45, 2.75) is 0 Å². The summed E-state index contributed by atoms with van der Waals surface area (Å²) in [4.78, 5) is 0.594. The molecule has 0 saturated carbocycles. The molecule has 0 radical (unpaired) electrons. The highest BCUT2D eigenvalue weighted by Crippen LogP contribution is 2.34. The van der Waals surface area contributed by atoms with Gasteiger partial charge in [0.2, 0.25) is 0 Å². The Balaban J connectivity index is 2.50. The number of nitriles is 1. The summed E-state index contributed by atoms with van der Waals surface area (Å²) < 4.78 is 30.6. The lowest BCUT2D eigenvalue weighted by atomic mass is 10.1. The Kier molecular flexibility index (Phi) is 3.32. The second-order valence-electron chi connectivity index (χ2n) is 3.46. The summed E-state index contributed by atoms with van der Waals surface area (Å²) in [6, 6.07) is 11.1. The Labute approximate surface area is 109 Å². The molecule has 0 fully saturated rings. The highest BCUT2D eigenvalue weighted by atomic mass is 32.2. The average Bonchev–Trinajstić information content (AvgIpc) is 2.70. The smallest absolute Gasteiger partial charge is 0.307 e. The molecule has 0 bridgehead atoms. The zero-order valence-corrected chi connectivity index (χ0v) is 11.0. The van der Waals surface area contributed by atoms with Crippen LogP contribution < -0.4 is 4.18 Å². The topological polar surface area (TPSA) is 80.1 Å². The predicted octanol–water partition coefficient (Wildman–Crippen LogP) is 2.02. The lowest BCUT2D eigenvalue weighted by molar-refractivity contribution is 0.485. The predicted molar refractivity (Wildman–Crippen MR) is 67.7 cm³/mol. The molecule has 5 nitrogen and oxygen atoms in total. The summed E-state index contributed by atoms with van der Waals surface area (Å²) in [5, 5.41) is 9.09. The highest BCUT2D eigenvalue weighted by Gasteiger charge is 2.19. The van der Waals surface area contributed by atoms with Gasteiger partial charge >= 0.3 is 10.1 Å². The van der Waals surface area contributed by atoms with E-state index >= 15 is 0 Å². The van der Waals surface area contributed by atoms with Crippen molar-refractivity contribution in [3.63, 3.8) is 0 Å². The fraction of sp³-hybridized carbons (Fsp3) is 0.0909. The zero-order valence-electron chi connectivity index (χ0n) is 9.32. The molecule has 1 heterocycles. The third-order valence-electron chi connectivity index (χ3n) is 2.04. The molecule has 2 rings (SSSR count). The molecular formula is C11H8N2O3S2. The average molecular weight is 280 g/mol. The molecule has 92 valence electrons. The quantitative estimate of drug-likeness (QED) is 0.803. The van der Waals surface area contributed by atoms with E-state index in [2.05, 4.69) is 8.56 Å². The van der Waals surface area contributed by atoms with Gasteiger partial charge < -0.3 is 4.18 Å². The molecule has 0 aliphatic rings. The van der Waals surface area contributed by atoms with E-state index in [9.17, 15) is 8.42 Å². The molecule has 18 heavy (non-hydrogen) atoms. The molecule has 2 aromatic rings. The number of benzene rings is 1. The fourth-order valence-electron chi connectivity index (χ4n) is 1.36. The standard InChI is InChI=1S/C11H8N2O3S2/c1-18(14,15)16-11-9(7-12)10(17-13-11)8-5-3-2-4-6-8/h2-6H,1H3. The monoisotopic (exact) mass is 280 g/mol. The van der Waals surface area contributed by atoms with Gasteiger partial charge in [-0.15, -0.1) is 0 Å². The first kappa shape index (κ1) is 12.5. The third kappa shape index (κ3) is 2.67. The van der Waals surface area contributed by atoms with Crippen LogP contribution >= 0.6 is 11.5 Å². The van der Waals surface area contributed by atoms with E-state index in [4.69, 9.17) is 5.26 Å². The largest absolute Gasteiger partial charge is 0.359 e. The second kappa shape index (κ2) is 4.76. The molecule has 0 saturated heterocycles. The molecule has 1 aromatic carbocycles. The van der Waals surface area contributed by atoms with Gasteiger partial charge in [0.1, 0.15) is 11.6 Å². The fourth-order valence-corrected chi connectivity index (χ4v) is 2.58. The zero-order chi connectivity index (χ0) is 13.2. The van der Waals surface area contributed by atoms with Crippen LogP contribution in [0.15, 0.2) is 30.3 Å². The van der Waals surface area contributed by atoms with Crippen LogP contribution in [-0.4, -0.2) is 19.0 Å². The first-order chi connectivity index (χ1) is 8.51. The normalized spacial score (nSPS) is 10.9. The van der Waals surface area contributed by atoms with Gasteiger partial charge in [0.05, 0.1) is 11.1 Å². The van der Waals surface area contributed by atoms with Crippen molar-refractivity contribution in [2.24, 2.45) is 0 Å². The van der Waals surface area contributed by atoms with Crippen molar-refractivity contribution in [1.82, 2.24) is 4.37 Å². The number of hydrogen-bond acceptors (Lipinski definition) is 6. The Morgan fingerprint density at radius 3 is 2.56 bits per heavy atom. The maximum absolute atomic E-state index is 11.0. The number of hydrogen-bond donors (Lipinski definition) is 0. The SMILES string of the molecule is CS(=O)(=O)Oc1nsc(-c2ccccc2)c1C#N. The Morgan fingerprint density at radius 2 is 2.00 bits per heavy atom. The molecule has 0 atom stereocenters. The van der Waals surface area contributed by atoms with E-state index in [-0.39, 0.29) is 11.4 Å². The van der Waals surface area contributed by atoms with Gasteiger partial charge in [0, 0.05) is 0 Å². The van der Waals surface area contributed by atoms with Crippen LogP contribution in [0, 0.1) is 11.3 Å². The van der Waals surface area contributed by atoms with Crippen molar-refractivity contribution in [1.29, 1.82) is 5.26 Å². The third-order valence-corrected chi connectivity index (χ3v) is 3.38. The summed E-state index contributed by atoms with van der Waals surface area (Å²) >= 11 is 1.03. The van der Waals surface area contributed by atoms with Gasteiger partial charge in [0.15, 0.2) is 0 Å². The Bertz CT molecular complexity index is 700. The van der Waals surface area contributed by atoms with Gasteiger partial charge in [-0.1, -0.05) is 30.3 Å². The van der Waals surface area contributed by atoms with E-state index in [0.717, 1.165) is 23.4 Å². The molecule has 1 aromatic heterocycles. The van der Waals surface area contributed by atoms with Gasteiger partial charge in [-0.3, -0.25) is 0 Å². The van der Waals surface area contributed by atoms with Crippen molar-refractivity contribution >= 4 is 21.7 Å². The van der Waals surface area contributed by atoms with Crippen LogP contribution in [0.4, 0.5) is 0 Å². The Hall–Kier alpha value is -1.91. The molecule has 0 unspecified atom stereocenters. The maximum atomic E-state index is 11.0.